The highest BCUT2D eigenvalue weighted by Crippen LogP contribution is 2.23. The second-order valence-corrected chi connectivity index (χ2v) is 6.61. The molecule has 0 aromatic heterocycles. The average Bonchev–Trinajstić information content (AvgIpc) is 2.77. The molecule has 1 N–H and O–H groups in total. The van der Waals surface area contributed by atoms with Crippen LogP contribution in [-0.4, -0.2) is 26.7 Å². The van der Waals surface area contributed by atoms with Gasteiger partial charge >= 0.3 is 0 Å². The monoisotopic (exact) mass is 375 g/mol. The van der Waals surface area contributed by atoms with Crippen molar-refractivity contribution in [2.75, 3.05) is 20.8 Å². The summed E-state index contributed by atoms with van der Waals surface area (Å²) in [4.78, 5) is 12.7. The quantitative estimate of drug-likeness (QED) is 0.632. The molecule has 0 saturated heterocycles. The highest BCUT2D eigenvalue weighted by atomic mass is 16.5. The number of hydrogen-bond acceptors (Lipinski definition) is 3. The maximum absolute atomic E-state index is 12.7. The topological polar surface area (TPSA) is 47.6 Å². The zero-order valence-corrected chi connectivity index (χ0v) is 16.2. The third-order valence-corrected chi connectivity index (χ3v) is 4.72. The molecule has 3 aromatic carbocycles. The molecule has 4 heteroatoms. The Labute approximate surface area is 166 Å². The summed E-state index contributed by atoms with van der Waals surface area (Å²) in [5.41, 5.74) is 2.96. The van der Waals surface area contributed by atoms with Gasteiger partial charge in [0.1, 0.15) is 11.5 Å². The summed E-state index contributed by atoms with van der Waals surface area (Å²) < 4.78 is 10.5. The van der Waals surface area contributed by atoms with E-state index in [4.69, 9.17) is 9.47 Å². The van der Waals surface area contributed by atoms with Gasteiger partial charge in [0.25, 0.3) is 5.91 Å². The lowest BCUT2D eigenvalue weighted by molar-refractivity contribution is 0.0950. The molecule has 0 saturated carbocycles. The molecule has 1 atom stereocenters. The van der Waals surface area contributed by atoms with E-state index in [0.717, 1.165) is 6.42 Å². The summed E-state index contributed by atoms with van der Waals surface area (Å²) in [6, 6.07) is 25.8. The van der Waals surface area contributed by atoms with Gasteiger partial charge in [0.15, 0.2) is 0 Å². The third-order valence-electron chi connectivity index (χ3n) is 4.72. The number of nitrogens with one attached hydrogen (secondary N) is 1. The highest BCUT2D eigenvalue weighted by Gasteiger charge is 2.16. The van der Waals surface area contributed by atoms with Crippen molar-refractivity contribution in [2.45, 2.75) is 12.3 Å². The number of amides is 1. The lowest BCUT2D eigenvalue weighted by atomic mass is 9.92. The fourth-order valence-electron chi connectivity index (χ4n) is 3.19. The Kier molecular flexibility index (Phi) is 6.68. The molecule has 1 unspecified atom stereocenters. The first-order valence-electron chi connectivity index (χ1n) is 9.29. The van der Waals surface area contributed by atoms with Crippen molar-refractivity contribution in [1.29, 1.82) is 0 Å². The minimum absolute atomic E-state index is 0.147. The SMILES string of the molecule is COc1cc(OC)cc(C(=O)NCC(Cc2ccccc2)c2ccccc2)c1. The summed E-state index contributed by atoms with van der Waals surface area (Å²) in [7, 11) is 3.14. The van der Waals surface area contributed by atoms with Crippen LogP contribution < -0.4 is 14.8 Å². The van der Waals surface area contributed by atoms with E-state index in [1.54, 1.807) is 32.4 Å². The van der Waals surface area contributed by atoms with Crippen LogP contribution in [0.15, 0.2) is 78.9 Å². The van der Waals surface area contributed by atoms with Gasteiger partial charge in [-0.05, 0) is 29.7 Å². The Morgan fingerprint density at radius 3 is 2.00 bits per heavy atom. The van der Waals surface area contributed by atoms with Gasteiger partial charge in [-0.2, -0.15) is 0 Å². The molecule has 0 aliphatic rings. The molecule has 0 fully saturated rings. The van der Waals surface area contributed by atoms with E-state index in [1.807, 2.05) is 36.4 Å². The van der Waals surface area contributed by atoms with E-state index >= 15 is 0 Å². The maximum atomic E-state index is 12.7. The van der Waals surface area contributed by atoms with E-state index < -0.39 is 0 Å². The average molecular weight is 375 g/mol. The number of ether oxygens (including phenoxy) is 2. The fourth-order valence-corrected chi connectivity index (χ4v) is 3.19. The van der Waals surface area contributed by atoms with Gasteiger partial charge in [-0.25, -0.2) is 0 Å². The Morgan fingerprint density at radius 2 is 1.43 bits per heavy atom. The molecule has 3 rings (SSSR count). The predicted octanol–water partition coefficient (Wildman–Crippen LogP) is 4.46. The van der Waals surface area contributed by atoms with Crippen molar-refractivity contribution in [2.24, 2.45) is 0 Å². The molecule has 0 aliphatic heterocycles. The van der Waals surface area contributed by atoms with E-state index in [1.165, 1.54) is 11.1 Å². The number of methoxy groups -OCH3 is 2. The number of rotatable bonds is 8. The van der Waals surface area contributed by atoms with Crippen LogP contribution in [0.1, 0.15) is 27.4 Å². The third kappa shape index (κ3) is 5.13. The minimum Gasteiger partial charge on any atom is -0.497 e. The van der Waals surface area contributed by atoms with Crippen LogP contribution in [-0.2, 0) is 6.42 Å². The standard InChI is InChI=1S/C24H25NO3/c1-27-22-14-20(15-23(16-22)28-2)24(26)25-17-21(19-11-7-4-8-12-19)13-18-9-5-3-6-10-18/h3-12,14-16,21H,13,17H2,1-2H3,(H,25,26). The normalized spacial score (nSPS) is 11.5. The smallest absolute Gasteiger partial charge is 0.251 e. The van der Waals surface area contributed by atoms with Crippen LogP contribution in [0.2, 0.25) is 0 Å². The zero-order valence-electron chi connectivity index (χ0n) is 16.2. The van der Waals surface area contributed by atoms with Crippen molar-refractivity contribution in [3.63, 3.8) is 0 Å². The number of benzene rings is 3. The lowest BCUT2D eigenvalue weighted by Crippen LogP contribution is -2.29. The molecule has 0 heterocycles. The highest BCUT2D eigenvalue weighted by molar-refractivity contribution is 5.95. The van der Waals surface area contributed by atoms with Gasteiger partial charge in [-0.3, -0.25) is 4.79 Å². The van der Waals surface area contributed by atoms with Crippen LogP contribution in [0.25, 0.3) is 0 Å². The molecule has 0 bridgehead atoms. The first-order valence-corrected chi connectivity index (χ1v) is 9.29. The molecule has 0 aliphatic carbocycles. The van der Waals surface area contributed by atoms with Crippen LogP contribution >= 0.6 is 0 Å². The molecule has 0 radical (unpaired) electrons. The zero-order chi connectivity index (χ0) is 19.8. The molecule has 1 amide bonds. The molecule has 144 valence electrons. The lowest BCUT2D eigenvalue weighted by Gasteiger charge is -2.19. The van der Waals surface area contributed by atoms with Gasteiger partial charge in [-0.1, -0.05) is 60.7 Å². The van der Waals surface area contributed by atoms with E-state index in [9.17, 15) is 4.79 Å². The fraction of sp³-hybridized carbons (Fsp3) is 0.208. The van der Waals surface area contributed by atoms with Crippen molar-refractivity contribution >= 4 is 5.91 Å². The second-order valence-electron chi connectivity index (χ2n) is 6.61. The number of carbonyl (C=O) groups is 1. The van der Waals surface area contributed by atoms with E-state index in [0.29, 0.717) is 23.6 Å². The van der Waals surface area contributed by atoms with Crippen molar-refractivity contribution in [1.82, 2.24) is 5.32 Å². The van der Waals surface area contributed by atoms with Gasteiger partial charge < -0.3 is 14.8 Å². The van der Waals surface area contributed by atoms with Crippen LogP contribution in [0.3, 0.4) is 0 Å². The molecule has 3 aromatic rings. The van der Waals surface area contributed by atoms with E-state index in [2.05, 4.69) is 29.6 Å². The van der Waals surface area contributed by atoms with Gasteiger partial charge in [0.05, 0.1) is 14.2 Å². The summed E-state index contributed by atoms with van der Waals surface area (Å²) in [6.07, 6.45) is 0.854. The largest absolute Gasteiger partial charge is 0.497 e. The van der Waals surface area contributed by atoms with Gasteiger partial charge in [0.2, 0.25) is 0 Å². The van der Waals surface area contributed by atoms with Crippen LogP contribution in [0.5, 0.6) is 11.5 Å². The number of carbonyl (C=O) groups excluding carboxylic acids is 1. The Morgan fingerprint density at radius 1 is 0.857 bits per heavy atom. The molecule has 0 spiro atoms. The van der Waals surface area contributed by atoms with Crippen LogP contribution in [0.4, 0.5) is 0 Å². The van der Waals surface area contributed by atoms with Gasteiger partial charge in [-0.15, -0.1) is 0 Å². The van der Waals surface area contributed by atoms with Crippen LogP contribution in [0, 0.1) is 0 Å². The predicted molar refractivity (Wildman–Crippen MR) is 111 cm³/mol. The second kappa shape index (κ2) is 9.60. The Bertz CT molecular complexity index is 872. The maximum Gasteiger partial charge on any atom is 0.251 e. The number of hydrogen-bond donors (Lipinski definition) is 1. The summed E-state index contributed by atoms with van der Waals surface area (Å²) in [6.45, 7) is 0.539. The van der Waals surface area contributed by atoms with Gasteiger partial charge in [0, 0.05) is 24.1 Å². The van der Waals surface area contributed by atoms with E-state index in [-0.39, 0.29) is 11.8 Å². The summed E-state index contributed by atoms with van der Waals surface area (Å²) in [5, 5.41) is 3.07. The van der Waals surface area contributed by atoms with Crippen molar-refractivity contribution in [3.8, 4) is 11.5 Å². The molecule has 4 nitrogen and oxygen atoms in total. The first-order chi connectivity index (χ1) is 13.7. The summed E-state index contributed by atoms with van der Waals surface area (Å²) in [5.74, 6) is 1.22. The Balaban J connectivity index is 1.75. The molecular weight excluding hydrogens is 350 g/mol. The van der Waals surface area contributed by atoms with Crippen molar-refractivity contribution < 1.29 is 14.3 Å². The molecule has 28 heavy (non-hydrogen) atoms. The molecular formula is C24H25NO3. The Hall–Kier alpha value is -3.27. The summed E-state index contributed by atoms with van der Waals surface area (Å²) >= 11 is 0. The van der Waals surface area contributed by atoms with Crippen molar-refractivity contribution in [3.05, 3.63) is 95.6 Å². The minimum atomic E-state index is -0.147. The first kappa shape index (κ1) is 19.5.